The van der Waals surface area contributed by atoms with E-state index < -0.39 is 0 Å². The fourth-order valence-electron chi connectivity index (χ4n) is 3.66. The van der Waals surface area contributed by atoms with Crippen LogP contribution in [0.5, 0.6) is 5.75 Å². The Kier molecular flexibility index (Phi) is 4.91. The van der Waals surface area contributed by atoms with E-state index in [1.807, 2.05) is 24.3 Å². The van der Waals surface area contributed by atoms with Crippen LogP contribution in [-0.2, 0) is 11.2 Å². The maximum atomic E-state index is 12.1. The van der Waals surface area contributed by atoms with Crippen LogP contribution in [0.15, 0.2) is 54.6 Å². The Bertz CT molecular complexity index is 801. The average Bonchev–Trinajstić information content (AvgIpc) is 3.34. The number of nitrogens with one attached hydrogen (secondary N) is 1. The van der Waals surface area contributed by atoms with Gasteiger partial charge in [0.25, 0.3) is 0 Å². The van der Waals surface area contributed by atoms with E-state index in [0.29, 0.717) is 5.92 Å². The molecule has 26 heavy (non-hydrogen) atoms. The van der Waals surface area contributed by atoms with Gasteiger partial charge in [0.1, 0.15) is 5.75 Å². The molecule has 2 aromatic carbocycles. The van der Waals surface area contributed by atoms with Crippen molar-refractivity contribution in [2.24, 2.45) is 5.92 Å². The maximum Gasteiger partial charge on any atom is 0.244 e. The first kappa shape index (κ1) is 16.7. The Morgan fingerprint density at radius 3 is 3.00 bits per heavy atom. The lowest BCUT2D eigenvalue weighted by Gasteiger charge is -2.18. The number of para-hydroxylation sites is 1. The van der Waals surface area contributed by atoms with Gasteiger partial charge in [-0.25, -0.2) is 0 Å². The molecule has 0 radical (unpaired) electrons. The minimum absolute atomic E-state index is 0.0279. The van der Waals surface area contributed by atoms with Crippen molar-refractivity contribution in [2.45, 2.75) is 12.8 Å². The van der Waals surface area contributed by atoms with E-state index in [0.717, 1.165) is 50.4 Å². The van der Waals surface area contributed by atoms with Gasteiger partial charge in [-0.15, -0.1) is 0 Å². The quantitative estimate of drug-likeness (QED) is 0.843. The van der Waals surface area contributed by atoms with Crippen molar-refractivity contribution in [2.75, 3.05) is 31.1 Å². The van der Waals surface area contributed by atoms with Crippen molar-refractivity contribution in [3.8, 4) is 5.75 Å². The lowest BCUT2D eigenvalue weighted by Crippen LogP contribution is -2.29. The van der Waals surface area contributed by atoms with Crippen LogP contribution >= 0.6 is 0 Å². The molecule has 0 aromatic heterocycles. The predicted molar refractivity (Wildman–Crippen MR) is 104 cm³/mol. The Balaban J connectivity index is 1.25. The number of rotatable bonds is 5. The molecule has 0 saturated carbocycles. The number of anilines is 1. The molecule has 1 unspecified atom stereocenters. The molecular formula is C22H24N2O2. The summed E-state index contributed by atoms with van der Waals surface area (Å²) < 4.78 is 5.51. The normalized spacial score (nSPS) is 18.8. The summed E-state index contributed by atoms with van der Waals surface area (Å²) in [5.41, 5.74) is 3.53. The van der Waals surface area contributed by atoms with Crippen molar-refractivity contribution >= 4 is 17.7 Å². The molecule has 134 valence electrons. The fraction of sp³-hybridized carbons (Fsp3) is 0.318. The molecule has 1 atom stereocenters. The van der Waals surface area contributed by atoms with Crippen molar-refractivity contribution < 1.29 is 9.53 Å². The average molecular weight is 348 g/mol. The highest BCUT2D eigenvalue weighted by Crippen LogP contribution is 2.26. The van der Waals surface area contributed by atoms with Gasteiger partial charge in [0.05, 0.1) is 6.61 Å². The van der Waals surface area contributed by atoms with E-state index in [1.54, 1.807) is 6.08 Å². The van der Waals surface area contributed by atoms with Crippen molar-refractivity contribution in [1.29, 1.82) is 0 Å². The highest BCUT2D eigenvalue weighted by Gasteiger charge is 2.22. The molecule has 1 saturated heterocycles. The minimum atomic E-state index is -0.0279. The van der Waals surface area contributed by atoms with Crippen LogP contribution in [0.1, 0.15) is 17.5 Å². The summed E-state index contributed by atoms with van der Waals surface area (Å²) in [7, 11) is 0. The molecule has 4 heteroatoms. The van der Waals surface area contributed by atoms with Crippen molar-refractivity contribution in [3.63, 3.8) is 0 Å². The van der Waals surface area contributed by atoms with E-state index in [4.69, 9.17) is 4.74 Å². The van der Waals surface area contributed by atoms with Gasteiger partial charge in [0, 0.05) is 37.8 Å². The highest BCUT2D eigenvalue weighted by molar-refractivity contribution is 5.91. The molecule has 1 amide bonds. The number of ether oxygens (including phenoxy) is 1. The Morgan fingerprint density at radius 2 is 2.12 bits per heavy atom. The van der Waals surface area contributed by atoms with E-state index in [9.17, 15) is 4.79 Å². The van der Waals surface area contributed by atoms with Crippen LogP contribution in [0.2, 0.25) is 0 Å². The highest BCUT2D eigenvalue weighted by atomic mass is 16.5. The molecule has 4 nitrogen and oxygen atoms in total. The van der Waals surface area contributed by atoms with Gasteiger partial charge in [-0.2, -0.15) is 0 Å². The molecule has 0 aliphatic carbocycles. The molecule has 2 aliphatic heterocycles. The van der Waals surface area contributed by atoms with E-state index >= 15 is 0 Å². The first-order chi connectivity index (χ1) is 12.8. The molecular weight excluding hydrogens is 324 g/mol. The number of fused-ring (bicyclic) bond motifs is 1. The number of hydrogen-bond acceptors (Lipinski definition) is 3. The lowest BCUT2D eigenvalue weighted by atomic mass is 10.1. The van der Waals surface area contributed by atoms with E-state index in [-0.39, 0.29) is 5.91 Å². The van der Waals surface area contributed by atoms with Crippen molar-refractivity contribution in [1.82, 2.24) is 5.32 Å². The Morgan fingerprint density at radius 1 is 1.23 bits per heavy atom. The largest absolute Gasteiger partial charge is 0.493 e. The first-order valence-electron chi connectivity index (χ1n) is 9.29. The molecule has 4 rings (SSSR count). The summed E-state index contributed by atoms with van der Waals surface area (Å²) in [4.78, 5) is 14.5. The zero-order chi connectivity index (χ0) is 17.8. The van der Waals surface area contributed by atoms with Gasteiger partial charge >= 0.3 is 0 Å². The summed E-state index contributed by atoms with van der Waals surface area (Å²) in [6, 6.07) is 16.5. The van der Waals surface area contributed by atoms with Gasteiger partial charge in [-0.3, -0.25) is 4.79 Å². The van der Waals surface area contributed by atoms with E-state index in [2.05, 4.69) is 40.5 Å². The molecule has 0 bridgehead atoms. The number of nitrogens with zero attached hydrogens (tertiary/aromatic N) is 1. The number of amides is 1. The van der Waals surface area contributed by atoms with Gasteiger partial charge in [-0.05, 0) is 53.8 Å². The summed E-state index contributed by atoms with van der Waals surface area (Å²) in [6.07, 6.45) is 5.56. The zero-order valence-electron chi connectivity index (χ0n) is 14.9. The fourth-order valence-corrected chi connectivity index (χ4v) is 3.66. The van der Waals surface area contributed by atoms with Crippen LogP contribution in [0.4, 0.5) is 5.69 Å². The van der Waals surface area contributed by atoms with Gasteiger partial charge in [0.15, 0.2) is 0 Å². The topological polar surface area (TPSA) is 41.6 Å². The number of carbonyl (C=O) groups excluding carboxylic acids is 1. The van der Waals surface area contributed by atoms with Crippen molar-refractivity contribution in [3.05, 3.63) is 65.7 Å². The number of benzene rings is 2. The summed E-state index contributed by atoms with van der Waals surface area (Å²) in [5.74, 6) is 1.44. The standard InChI is InChI=1S/C22H24N2O2/c25-22(9-7-17-6-8-21-19(14-17)11-13-26-21)23-15-18-10-12-24(16-18)20-4-2-1-3-5-20/h1-9,14,18H,10-13,15-16H2,(H,23,25). The van der Waals surface area contributed by atoms with Gasteiger partial charge in [-0.1, -0.05) is 24.3 Å². The minimum Gasteiger partial charge on any atom is -0.493 e. The second kappa shape index (κ2) is 7.65. The molecule has 2 aliphatic rings. The molecule has 2 heterocycles. The lowest BCUT2D eigenvalue weighted by molar-refractivity contribution is -0.116. The van der Waals surface area contributed by atoms with Gasteiger partial charge < -0.3 is 15.0 Å². The summed E-state index contributed by atoms with van der Waals surface area (Å²) in [6.45, 7) is 3.53. The van der Waals surface area contributed by atoms with E-state index in [1.165, 1.54) is 11.3 Å². The van der Waals surface area contributed by atoms with Gasteiger partial charge in [0.2, 0.25) is 5.91 Å². The smallest absolute Gasteiger partial charge is 0.244 e. The predicted octanol–water partition coefficient (Wildman–Crippen LogP) is 3.28. The molecule has 2 aromatic rings. The third kappa shape index (κ3) is 3.90. The monoisotopic (exact) mass is 348 g/mol. The van der Waals surface area contributed by atoms with Crippen LogP contribution in [0, 0.1) is 5.92 Å². The Labute approximate surface area is 154 Å². The van der Waals surface area contributed by atoms with Crippen LogP contribution in [0.3, 0.4) is 0 Å². The second-order valence-electron chi connectivity index (χ2n) is 6.98. The third-order valence-electron chi connectivity index (χ3n) is 5.11. The third-order valence-corrected chi connectivity index (χ3v) is 5.11. The first-order valence-corrected chi connectivity index (χ1v) is 9.29. The maximum absolute atomic E-state index is 12.1. The second-order valence-corrected chi connectivity index (χ2v) is 6.98. The summed E-state index contributed by atoms with van der Waals surface area (Å²) in [5, 5.41) is 3.04. The number of hydrogen-bond donors (Lipinski definition) is 1. The van der Waals surface area contributed by atoms with Crippen LogP contribution in [0.25, 0.3) is 6.08 Å². The van der Waals surface area contributed by atoms with Crippen LogP contribution < -0.4 is 15.0 Å². The zero-order valence-corrected chi connectivity index (χ0v) is 14.9. The SMILES string of the molecule is O=C(C=Cc1ccc2c(c1)CCO2)NCC1CCN(c2ccccc2)C1. The van der Waals surface area contributed by atoms with Crippen LogP contribution in [-0.4, -0.2) is 32.1 Å². The molecule has 0 spiro atoms. The molecule has 1 fully saturated rings. The molecule has 1 N–H and O–H groups in total. The summed E-state index contributed by atoms with van der Waals surface area (Å²) >= 11 is 0. The number of carbonyl (C=O) groups is 1. The Hall–Kier alpha value is -2.75.